The van der Waals surface area contributed by atoms with E-state index in [1.54, 1.807) is 0 Å². The van der Waals surface area contributed by atoms with Crippen molar-refractivity contribution in [1.82, 2.24) is 10.2 Å². The molecule has 1 N–H and O–H groups in total. The number of likely N-dealkylation sites (N-methyl/N-ethyl adjacent to an activating group) is 1. The molecule has 1 saturated heterocycles. The van der Waals surface area contributed by atoms with Gasteiger partial charge in [-0.05, 0) is 58.1 Å². The summed E-state index contributed by atoms with van der Waals surface area (Å²) in [5, 5.41) is 3.37. The molecule has 0 spiro atoms. The van der Waals surface area contributed by atoms with Crippen LogP contribution in [0.5, 0.6) is 0 Å². The topological polar surface area (TPSA) is 18.5 Å². The van der Waals surface area contributed by atoms with Crippen LogP contribution in [-0.4, -0.2) is 45.2 Å². The first-order valence-corrected chi connectivity index (χ1v) is 7.84. The predicted molar refractivity (Wildman–Crippen MR) is 87.5 cm³/mol. The zero-order valence-corrected chi connectivity index (χ0v) is 13.4. The summed E-state index contributed by atoms with van der Waals surface area (Å²) in [7, 11) is 6.42. The van der Waals surface area contributed by atoms with Gasteiger partial charge in [0.05, 0.1) is 0 Å². The largest absolute Gasteiger partial charge is 0.370 e. The Labute approximate surface area is 124 Å². The van der Waals surface area contributed by atoms with Gasteiger partial charge in [-0.15, -0.1) is 0 Å². The number of piperidine rings is 1. The van der Waals surface area contributed by atoms with Crippen molar-refractivity contribution in [3.05, 3.63) is 29.8 Å². The average Bonchev–Trinajstić information content (AvgIpc) is 2.49. The summed E-state index contributed by atoms with van der Waals surface area (Å²) in [6, 6.07) is 10.3. The lowest BCUT2D eigenvalue weighted by molar-refractivity contribution is 0.258. The molecule has 1 aromatic rings. The fourth-order valence-electron chi connectivity index (χ4n) is 3.13. The van der Waals surface area contributed by atoms with E-state index in [-0.39, 0.29) is 0 Å². The maximum atomic E-state index is 3.37. The highest BCUT2D eigenvalue weighted by molar-refractivity contribution is 5.48. The summed E-state index contributed by atoms with van der Waals surface area (Å²) in [6.45, 7) is 4.56. The second-order valence-corrected chi connectivity index (χ2v) is 6.05. The van der Waals surface area contributed by atoms with Gasteiger partial charge in [0.2, 0.25) is 0 Å². The molecule has 0 aliphatic carbocycles. The number of benzene rings is 1. The molecule has 1 heterocycles. The third kappa shape index (κ3) is 3.53. The standard InChI is InChI=1S/C17H29N3/c1-5-17(18-2)14-8-10-15(11-9-14)20-12-6-7-16(13-20)19(3)4/h8-11,16-18H,5-7,12-13H2,1-4H3. The van der Waals surface area contributed by atoms with Gasteiger partial charge < -0.3 is 15.1 Å². The van der Waals surface area contributed by atoms with Gasteiger partial charge in [-0.1, -0.05) is 19.1 Å². The molecular formula is C17H29N3. The van der Waals surface area contributed by atoms with Gasteiger partial charge in [-0.25, -0.2) is 0 Å². The highest BCUT2D eigenvalue weighted by Crippen LogP contribution is 2.24. The molecular weight excluding hydrogens is 246 g/mol. The summed E-state index contributed by atoms with van der Waals surface area (Å²) in [5.41, 5.74) is 2.76. The minimum atomic E-state index is 0.472. The normalized spacial score (nSPS) is 21.2. The lowest BCUT2D eigenvalue weighted by Crippen LogP contribution is -2.45. The fraction of sp³-hybridized carbons (Fsp3) is 0.647. The highest BCUT2D eigenvalue weighted by Gasteiger charge is 2.21. The molecule has 112 valence electrons. The van der Waals surface area contributed by atoms with Crippen LogP contribution in [0.4, 0.5) is 5.69 Å². The van der Waals surface area contributed by atoms with Gasteiger partial charge in [0, 0.05) is 30.9 Å². The number of hydrogen-bond donors (Lipinski definition) is 1. The summed E-state index contributed by atoms with van der Waals surface area (Å²) >= 11 is 0. The van der Waals surface area contributed by atoms with E-state index in [0.29, 0.717) is 12.1 Å². The third-order valence-corrected chi connectivity index (χ3v) is 4.54. The molecule has 0 radical (unpaired) electrons. The van der Waals surface area contributed by atoms with Crippen molar-refractivity contribution in [3.8, 4) is 0 Å². The smallest absolute Gasteiger partial charge is 0.0366 e. The molecule has 1 aliphatic heterocycles. The molecule has 0 aromatic heterocycles. The van der Waals surface area contributed by atoms with E-state index in [1.807, 2.05) is 7.05 Å². The van der Waals surface area contributed by atoms with Crippen molar-refractivity contribution >= 4 is 5.69 Å². The Hall–Kier alpha value is -1.06. The molecule has 3 heteroatoms. The van der Waals surface area contributed by atoms with E-state index in [2.05, 4.69) is 60.4 Å². The zero-order valence-electron chi connectivity index (χ0n) is 13.4. The molecule has 1 fully saturated rings. The summed E-state index contributed by atoms with van der Waals surface area (Å²) < 4.78 is 0. The number of hydrogen-bond acceptors (Lipinski definition) is 3. The van der Waals surface area contributed by atoms with Crippen molar-refractivity contribution in [1.29, 1.82) is 0 Å². The van der Waals surface area contributed by atoms with Gasteiger partial charge in [-0.3, -0.25) is 0 Å². The Morgan fingerprint density at radius 1 is 1.30 bits per heavy atom. The molecule has 2 unspecified atom stereocenters. The molecule has 1 aromatic carbocycles. The Balaban J connectivity index is 2.05. The first-order chi connectivity index (χ1) is 9.65. The Kier molecular flexibility index (Phi) is 5.44. The average molecular weight is 275 g/mol. The lowest BCUT2D eigenvalue weighted by atomic mass is 10.0. The van der Waals surface area contributed by atoms with Crippen LogP contribution in [0, 0.1) is 0 Å². The monoisotopic (exact) mass is 275 g/mol. The van der Waals surface area contributed by atoms with E-state index in [1.165, 1.54) is 30.6 Å². The molecule has 0 bridgehead atoms. The second-order valence-electron chi connectivity index (χ2n) is 6.05. The Morgan fingerprint density at radius 2 is 2.00 bits per heavy atom. The van der Waals surface area contributed by atoms with Crippen molar-refractivity contribution in [2.24, 2.45) is 0 Å². The van der Waals surface area contributed by atoms with Crippen LogP contribution in [0.1, 0.15) is 37.8 Å². The third-order valence-electron chi connectivity index (χ3n) is 4.54. The van der Waals surface area contributed by atoms with Gasteiger partial charge in [0.1, 0.15) is 0 Å². The molecule has 20 heavy (non-hydrogen) atoms. The van der Waals surface area contributed by atoms with Gasteiger partial charge in [0.25, 0.3) is 0 Å². The molecule has 3 nitrogen and oxygen atoms in total. The van der Waals surface area contributed by atoms with Crippen LogP contribution in [-0.2, 0) is 0 Å². The van der Waals surface area contributed by atoms with Crippen LogP contribution in [0.2, 0.25) is 0 Å². The second kappa shape index (κ2) is 7.09. The van der Waals surface area contributed by atoms with Gasteiger partial charge >= 0.3 is 0 Å². The summed E-state index contributed by atoms with van der Waals surface area (Å²) in [4.78, 5) is 4.88. The number of nitrogens with one attached hydrogen (secondary N) is 1. The minimum Gasteiger partial charge on any atom is -0.370 e. The van der Waals surface area contributed by atoms with Crippen molar-refractivity contribution in [2.45, 2.75) is 38.3 Å². The molecule has 2 rings (SSSR count). The predicted octanol–water partition coefficient (Wildman–Crippen LogP) is 2.89. The van der Waals surface area contributed by atoms with Crippen LogP contribution in [0.15, 0.2) is 24.3 Å². The zero-order chi connectivity index (χ0) is 14.5. The van der Waals surface area contributed by atoms with E-state index >= 15 is 0 Å². The van der Waals surface area contributed by atoms with E-state index in [0.717, 1.165) is 13.0 Å². The Morgan fingerprint density at radius 3 is 2.55 bits per heavy atom. The number of anilines is 1. The molecule has 0 saturated carbocycles. The fourth-order valence-corrected chi connectivity index (χ4v) is 3.13. The van der Waals surface area contributed by atoms with Crippen molar-refractivity contribution in [2.75, 3.05) is 39.1 Å². The van der Waals surface area contributed by atoms with Crippen molar-refractivity contribution in [3.63, 3.8) is 0 Å². The lowest BCUT2D eigenvalue weighted by Gasteiger charge is -2.37. The first kappa shape index (κ1) is 15.3. The molecule has 2 atom stereocenters. The van der Waals surface area contributed by atoms with Crippen LogP contribution < -0.4 is 10.2 Å². The minimum absolute atomic E-state index is 0.472. The van der Waals surface area contributed by atoms with Gasteiger partial charge in [-0.2, -0.15) is 0 Å². The van der Waals surface area contributed by atoms with E-state index < -0.39 is 0 Å². The number of nitrogens with zero attached hydrogens (tertiary/aromatic N) is 2. The van der Waals surface area contributed by atoms with Crippen molar-refractivity contribution < 1.29 is 0 Å². The molecule has 0 amide bonds. The van der Waals surface area contributed by atoms with Crippen LogP contribution in [0.25, 0.3) is 0 Å². The maximum Gasteiger partial charge on any atom is 0.0366 e. The quantitative estimate of drug-likeness (QED) is 0.891. The maximum absolute atomic E-state index is 3.37. The van der Waals surface area contributed by atoms with Crippen LogP contribution in [0.3, 0.4) is 0 Å². The van der Waals surface area contributed by atoms with Crippen LogP contribution >= 0.6 is 0 Å². The SMILES string of the molecule is CCC(NC)c1ccc(N2CCCC(N(C)C)C2)cc1. The highest BCUT2D eigenvalue weighted by atomic mass is 15.2. The van der Waals surface area contributed by atoms with E-state index in [9.17, 15) is 0 Å². The van der Waals surface area contributed by atoms with Gasteiger partial charge in [0.15, 0.2) is 0 Å². The first-order valence-electron chi connectivity index (χ1n) is 7.84. The summed E-state index contributed by atoms with van der Waals surface area (Å²) in [5.74, 6) is 0. The number of rotatable bonds is 5. The van der Waals surface area contributed by atoms with E-state index in [4.69, 9.17) is 0 Å². The summed E-state index contributed by atoms with van der Waals surface area (Å²) in [6.07, 6.45) is 3.74. The Bertz CT molecular complexity index is 395. The molecule has 1 aliphatic rings.